The van der Waals surface area contributed by atoms with Crippen LogP contribution >= 0.6 is 12.1 Å². The minimum atomic E-state index is -0.638. The molecule has 0 aliphatic rings. The van der Waals surface area contributed by atoms with E-state index in [1.165, 1.54) is 0 Å². The molecular weight excluding hydrogens is 343 g/mol. The van der Waals surface area contributed by atoms with Gasteiger partial charge in [-0.1, -0.05) is 68.1 Å². The molecule has 2 atom stereocenters. The van der Waals surface area contributed by atoms with Gasteiger partial charge < -0.3 is 15.9 Å². The van der Waals surface area contributed by atoms with Crippen LogP contribution in [0.25, 0.3) is 0 Å². The molecule has 4 N–H and O–H groups in total. The molecule has 2 aromatic carbocycles. The van der Waals surface area contributed by atoms with Crippen LogP contribution in [0.1, 0.15) is 43.6 Å². The fraction of sp³-hybridized carbons (Fsp3) is 0.350. The van der Waals surface area contributed by atoms with Crippen LogP contribution in [0.2, 0.25) is 6.82 Å². The summed E-state index contributed by atoms with van der Waals surface area (Å²) in [7, 11) is 0. The maximum absolute atomic E-state index is 9.44. The summed E-state index contributed by atoms with van der Waals surface area (Å²) in [6, 6.07) is 20.7. The third-order valence-electron chi connectivity index (χ3n) is 3.09. The average Bonchev–Trinajstić information content (AvgIpc) is 2.65. The van der Waals surface area contributed by atoms with Crippen molar-refractivity contribution in [3.63, 3.8) is 0 Å². The Hall–Kier alpha value is -1.91. The summed E-state index contributed by atoms with van der Waals surface area (Å²) in [6.45, 7) is 2.34. The fourth-order valence-corrected chi connectivity index (χ4v) is 1.88. The number of rotatable bonds is 5. The number of nitrogens with zero attached hydrogens (tertiary/aromatic N) is 1. The van der Waals surface area contributed by atoms with Crippen LogP contribution in [0, 0.1) is 11.3 Å². The van der Waals surface area contributed by atoms with E-state index in [0.29, 0.717) is 13.0 Å². The third kappa shape index (κ3) is 12.5. The number of hydrogen-bond donors (Lipinski definition) is 3. The van der Waals surface area contributed by atoms with Gasteiger partial charge in [0.1, 0.15) is 0 Å². The van der Waals surface area contributed by atoms with Crippen LogP contribution in [0.15, 0.2) is 60.7 Å². The molecule has 6 heteroatoms. The van der Waals surface area contributed by atoms with Crippen molar-refractivity contribution in [3.8, 4) is 6.07 Å². The molecule has 140 valence electrons. The molecule has 2 unspecified atom stereocenters. The number of benzene rings is 2. The first-order chi connectivity index (χ1) is 12.1. The zero-order chi connectivity index (χ0) is 18.9. The van der Waals surface area contributed by atoms with Crippen molar-refractivity contribution < 1.29 is 10.2 Å². The van der Waals surface area contributed by atoms with Crippen LogP contribution < -0.4 is 5.73 Å². The maximum Gasteiger partial charge on any atom is 0.0919 e. The first kappa shape index (κ1) is 26.3. The Morgan fingerprint density at radius 3 is 1.73 bits per heavy atom. The van der Waals surface area contributed by atoms with E-state index >= 15 is 0 Å². The molecule has 2 rings (SSSR count). The van der Waals surface area contributed by atoms with Gasteiger partial charge in [-0.25, -0.2) is 0 Å². The van der Waals surface area contributed by atoms with Crippen LogP contribution in [0.5, 0.6) is 0 Å². The second-order valence-electron chi connectivity index (χ2n) is 5.03. The SMILES string of the molecule is C.CB=S.N#CCC(O)c1ccccc1.NCCC(O)c1ccccc1. The first-order valence-corrected chi connectivity index (χ1v) is 8.50. The molecule has 0 aromatic heterocycles. The van der Waals surface area contributed by atoms with Gasteiger partial charge >= 0.3 is 25.0 Å². The van der Waals surface area contributed by atoms with Crippen LogP contribution in [0.4, 0.5) is 0 Å². The van der Waals surface area contributed by atoms with Crippen LogP contribution in [0.3, 0.4) is 0 Å². The first-order valence-electron chi connectivity index (χ1n) is 8.03. The van der Waals surface area contributed by atoms with Crippen molar-refractivity contribution in [2.75, 3.05) is 6.54 Å². The minimum Gasteiger partial charge on any atom is -0.388 e. The number of aliphatic hydroxyl groups excluding tert-OH is 2. The third-order valence-corrected chi connectivity index (χ3v) is 3.09. The van der Waals surface area contributed by atoms with Gasteiger partial charge in [0.05, 0.1) is 24.7 Å². The summed E-state index contributed by atoms with van der Waals surface area (Å²) in [4.78, 5) is 0. The predicted molar refractivity (Wildman–Crippen MR) is 113 cm³/mol. The van der Waals surface area contributed by atoms with Crippen LogP contribution in [-0.2, 0) is 0 Å². The number of hydrogen-bond acceptors (Lipinski definition) is 5. The summed E-state index contributed by atoms with van der Waals surface area (Å²) < 4.78 is 0. The molecular formula is C20H29BN2O2S. The topological polar surface area (TPSA) is 90.3 Å². The van der Waals surface area contributed by atoms with Gasteiger partial charge in [-0.05, 0) is 24.1 Å². The van der Waals surface area contributed by atoms with E-state index in [1.807, 2.05) is 73.6 Å². The summed E-state index contributed by atoms with van der Waals surface area (Å²) >= 11 is 4.27. The molecule has 0 bridgehead atoms. The van der Waals surface area contributed by atoms with E-state index in [0.717, 1.165) is 11.1 Å². The summed E-state index contributed by atoms with van der Waals surface area (Å²) in [5.74, 6) is 0. The van der Waals surface area contributed by atoms with Gasteiger partial charge in [0.15, 0.2) is 0 Å². The van der Waals surface area contributed by atoms with Gasteiger partial charge in [0.2, 0.25) is 0 Å². The fourth-order valence-electron chi connectivity index (χ4n) is 1.88. The van der Waals surface area contributed by atoms with Gasteiger partial charge in [0, 0.05) is 0 Å². The Morgan fingerprint density at radius 1 is 1.00 bits per heavy atom. The van der Waals surface area contributed by atoms with Gasteiger partial charge in [0.25, 0.3) is 0 Å². The summed E-state index contributed by atoms with van der Waals surface area (Å²) in [5, 5.41) is 27.0. The smallest absolute Gasteiger partial charge is 0.0919 e. The zero-order valence-electron chi connectivity index (χ0n) is 14.5. The number of nitriles is 1. The predicted octanol–water partition coefficient (Wildman–Crippen LogP) is 4.19. The van der Waals surface area contributed by atoms with Gasteiger partial charge in [-0.15, -0.1) is 0 Å². The molecule has 0 heterocycles. The quantitative estimate of drug-likeness (QED) is 0.685. The summed E-state index contributed by atoms with van der Waals surface area (Å²) in [6.07, 6.45) is 1.33. The molecule has 0 radical (unpaired) electrons. The van der Waals surface area contributed by atoms with Crippen molar-refractivity contribution in [3.05, 3.63) is 71.8 Å². The van der Waals surface area contributed by atoms with E-state index in [1.54, 1.807) is 6.15 Å². The Morgan fingerprint density at radius 2 is 1.38 bits per heavy atom. The number of nitrogens with two attached hydrogens (primary N) is 1. The molecule has 0 aliphatic heterocycles. The molecule has 0 fully saturated rings. The molecule has 0 saturated carbocycles. The van der Waals surface area contributed by atoms with E-state index < -0.39 is 12.2 Å². The number of aliphatic hydroxyl groups is 2. The Bertz CT molecular complexity index is 606. The Kier molecular flexibility index (Phi) is 18.1. The van der Waals surface area contributed by atoms with Crippen molar-refractivity contribution in [2.45, 2.75) is 39.3 Å². The molecule has 0 aliphatic carbocycles. The van der Waals surface area contributed by atoms with Crippen molar-refractivity contribution >= 4 is 18.2 Å². The Labute approximate surface area is 163 Å². The molecule has 0 spiro atoms. The van der Waals surface area contributed by atoms with Gasteiger partial charge in [-0.2, -0.15) is 5.26 Å². The summed E-state index contributed by atoms with van der Waals surface area (Å²) in [5.41, 5.74) is 7.05. The van der Waals surface area contributed by atoms with Crippen LogP contribution in [-0.4, -0.2) is 22.9 Å². The van der Waals surface area contributed by atoms with E-state index in [-0.39, 0.29) is 13.8 Å². The molecule has 0 amide bonds. The van der Waals surface area contributed by atoms with E-state index in [2.05, 4.69) is 12.1 Å². The second-order valence-corrected chi connectivity index (χ2v) is 5.50. The van der Waals surface area contributed by atoms with Gasteiger partial charge in [-0.3, -0.25) is 0 Å². The molecule has 0 saturated heterocycles. The molecule has 2 aromatic rings. The molecule has 4 nitrogen and oxygen atoms in total. The zero-order valence-corrected chi connectivity index (χ0v) is 15.3. The average molecular weight is 372 g/mol. The van der Waals surface area contributed by atoms with Crippen molar-refractivity contribution in [1.29, 1.82) is 5.26 Å². The normalized spacial score (nSPS) is 10.9. The van der Waals surface area contributed by atoms with Crippen molar-refractivity contribution in [2.24, 2.45) is 5.73 Å². The maximum atomic E-state index is 9.44. The largest absolute Gasteiger partial charge is 0.388 e. The minimum absolute atomic E-state index is 0. The second kappa shape index (κ2) is 17.9. The standard InChI is InChI=1S/C9H13NO.C9H9NO.CH3BS.CH4/c2*10-7-6-9(11)8-4-2-1-3-5-8;1-2-3;/h1-5,9,11H,6-7,10H2;1-5,9,11H,6H2;1H3;1H4. The van der Waals surface area contributed by atoms with E-state index in [4.69, 9.17) is 11.0 Å². The Balaban J connectivity index is 0. The van der Waals surface area contributed by atoms with E-state index in [9.17, 15) is 10.2 Å². The van der Waals surface area contributed by atoms with Crippen molar-refractivity contribution in [1.82, 2.24) is 0 Å². The monoisotopic (exact) mass is 372 g/mol. The molecule has 26 heavy (non-hydrogen) atoms.